The second kappa shape index (κ2) is 9.90. The number of benzene rings is 2. The summed E-state index contributed by atoms with van der Waals surface area (Å²) in [4.78, 5) is 25.8. The molecule has 1 aliphatic carbocycles. The van der Waals surface area contributed by atoms with Gasteiger partial charge in [0.25, 0.3) is 0 Å². The Morgan fingerprint density at radius 2 is 1.89 bits per heavy atom. The van der Waals surface area contributed by atoms with Crippen LogP contribution in [0.4, 0.5) is 5.82 Å². The topological polar surface area (TPSA) is 113 Å². The van der Waals surface area contributed by atoms with E-state index in [-0.39, 0.29) is 5.78 Å². The Hall–Kier alpha value is -4.06. The molecule has 5 rings (SSSR count). The monoisotopic (exact) mass is 481 g/mol. The van der Waals surface area contributed by atoms with Crippen LogP contribution >= 0.6 is 0 Å². The number of carbonyl (C=O) groups is 1. The minimum atomic E-state index is -1.14. The predicted octanol–water partition coefficient (Wildman–Crippen LogP) is 3.02. The van der Waals surface area contributed by atoms with Crippen molar-refractivity contribution in [3.8, 4) is 11.8 Å². The first kappa shape index (κ1) is 23.7. The van der Waals surface area contributed by atoms with Crippen LogP contribution in [0.5, 0.6) is 0 Å². The molecule has 1 saturated carbocycles. The maximum Gasteiger partial charge on any atom is 0.209 e. The lowest BCUT2D eigenvalue weighted by molar-refractivity contribution is -0.124. The number of aromatic nitrogens is 4. The van der Waals surface area contributed by atoms with Gasteiger partial charge in [0.15, 0.2) is 17.0 Å². The molecule has 2 heterocycles. The third kappa shape index (κ3) is 4.71. The fourth-order valence-corrected chi connectivity index (χ4v) is 4.69. The molecule has 1 unspecified atom stereocenters. The summed E-state index contributed by atoms with van der Waals surface area (Å²) < 4.78 is 1.72. The summed E-state index contributed by atoms with van der Waals surface area (Å²) in [6.07, 6.45) is -0.379. The molecule has 0 radical (unpaired) electrons. The number of anilines is 1. The lowest BCUT2D eigenvalue weighted by Gasteiger charge is -2.18. The molecule has 2 aromatic carbocycles. The van der Waals surface area contributed by atoms with Crippen molar-refractivity contribution in [1.29, 1.82) is 0 Å². The molecule has 3 N–H and O–H groups in total. The van der Waals surface area contributed by atoms with E-state index < -0.39 is 24.2 Å². The summed E-state index contributed by atoms with van der Waals surface area (Å²) in [7, 11) is 0. The lowest BCUT2D eigenvalue weighted by atomic mass is 10.0. The van der Waals surface area contributed by atoms with E-state index in [9.17, 15) is 15.0 Å². The van der Waals surface area contributed by atoms with Crippen molar-refractivity contribution < 1.29 is 15.0 Å². The fraction of sp³-hybridized carbons (Fsp3) is 0.286. The first-order valence-electron chi connectivity index (χ1n) is 11.9. The van der Waals surface area contributed by atoms with Crippen LogP contribution in [0.3, 0.4) is 0 Å². The van der Waals surface area contributed by atoms with Crippen molar-refractivity contribution in [1.82, 2.24) is 19.5 Å². The third-order valence-electron chi connectivity index (χ3n) is 6.59. The molecule has 1 fully saturated rings. The quantitative estimate of drug-likeness (QED) is 0.376. The van der Waals surface area contributed by atoms with Gasteiger partial charge in [-0.1, -0.05) is 53.9 Å². The summed E-state index contributed by atoms with van der Waals surface area (Å²) in [5.74, 6) is 6.15. The second-order valence-corrected chi connectivity index (χ2v) is 9.18. The van der Waals surface area contributed by atoms with Gasteiger partial charge in [-0.2, -0.15) is 0 Å². The van der Waals surface area contributed by atoms with Gasteiger partial charge in [0.2, 0.25) is 5.82 Å². The number of aliphatic hydroxyl groups is 2. The number of Topliss-reactive ketones (excluding diaryl/α,β-unsaturated/α-hetero) is 1. The predicted molar refractivity (Wildman–Crippen MR) is 136 cm³/mol. The van der Waals surface area contributed by atoms with Crippen molar-refractivity contribution in [3.63, 3.8) is 0 Å². The van der Waals surface area contributed by atoms with Crippen LogP contribution in [-0.2, 0) is 11.3 Å². The largest absolute Gasteiger partial charge is 0.390 e. The van der Waals surface area contributed by atoms with Crippen LogP contribution in [0.15, 0.2) is 60.9 Å². The molecule has 182 valence electrons. The molecular weight excluding hydrogens is 454 g/mol. The maximum absolute atomic E-state index is 12.0. The normalized spacial score (nSPS) is 21.2. The Kier molecular flexibility index (Phi) is 6.51. The zero-order chi connectivity index (χ0) is 25.2. The van der Waals surface area contributed by atoms with Gasteiger partial charge in [-0.25, -0.2) is 15.0 Å². The van der Waals surface area contributed by atoms with E-state index in [1.807, 2.05) is 55.5 Å². The van der Waals surface area contributed by atoms with Crippen molar-refractivity contribution >= 4 is 22.8 Å². The minimum Gasteiger partial charge on any atom is -0.390 e. The number of carbonyl (C=O) groups excluding carboxylic acids is 1. The average Bonchev–Trinajstić information content (AvgIpc) is 3.42. The molecule has 0 spiro atoms. The Morgan fingerprint density at radius 3 is 2.61 bits per heavy atom. The van der Waals surface area contributed by atoms with Gasteiger partial charge in [-0.15, -0.1) is 0 Å². The van der Waals surface area contributed by atoms with Crippen LogP contribution in [0.2, 0.25) is 0 Å². The molecule has 0 saturated heterocycles. The van der Waals surface area contributed by atoms with E-state index in [4.69, 9.17) is 0 Å². The van der Waals surface area contributed by atoms with Crippen molar-refractivity contribution in [2.75, 3.05) is 5.32 Å². The Balaban J connectivity index is 1.55. The van der Waals surface area contributed by atoms with Crippen molar-refractivity contribution in [2.45, 2.75) is 45.1 Å². The summed E-state index contributed by atoms with van der Waals surface area (Å²) in [6, 6.07) is 17.2. The molecule has 4 aromatic rings. The third-order valence-corrected chi connectivity index (χ3v) is 6.59. The first-order valence-corrected chi connectivity index (χ1v) is 11.9. The number of aryl methyl sites for hydroxylation is 1. The number of imidazole rings is 1. The minimum absolute atomic E-state index is 0.155. The molecule has 0 aliphatic heterocycles. The molecule has 36 heavy (non-hydrogen) atoms. The van der Waals surface area contributed by atoms with Gasteiger partial charge in [0, 0.05) is 18.0 Å². The number of aliphatic hydroxyl groups excluding tert-OH is 2. The van der Waals surface area contributed by atoms with Crippen LogP contribution in [0.25, 0.3) is 11.2 Å². The smallest absolute Gasteiger partial charge is 0.209 e. The molecular formula is C28H27N5O3. The number of rotatable bonds is 5. The molecule has 2 aromatic heterocycles. The second-order valence-electron chi connectivity index (χ2n) is 9.18. The van der Waals surface area contributed by atoms with Crippen molar-refractivity contribution in [2.24, 2.45) is 5.92 Å². The number of hydrogen-bond donors (Lipinski definition) is 3. The zero-order valence-corrected chi connectivity index (χ0v) is 20.1. The number of nitrogens with one attached hydrogen (secondary N) is 1. The standard InChI is InChI=1S/C28H27N5O3/c1-17-7-6-10-20(13-17)15-29-27-24-28(32-23(31-27)12-11-19-8-4-3-5-9-19)33(16-30-24)22-14-21(18(2)34)25(35)26(22)36/h3-10,13,16,21-22,25-26,35-36H,14-15H2,1-2H3,(H,29,31,32)/t21-,22-,25?,26+/m1/s1. The van der Waals surface area contributed by atoms with E-state index in [1.54, 1.807) is 10.9 Å². The van der Waals surface area contributed by atoms with Gasteiger partial charge in [0.05, 0.1) is 18.5 Å². The summed E-state index contributed by atoms with van der Waals surface area (Å²) >= 11 is 0. The number of ketones is 1. The SMILES string of the molecule is CC(=O)[C@H]1C[C@@H](n2cnc3c(NCc4cccc(C)c4)nc(C#Cc4ccccc4)nc32)[C@H](O)C1O. The zero-order valence-electron chi connectivity index (χ0n) is 20.1. The maximum atomic E-state index is 12.0. The van der Waals surface area contributed by atoms with E-state index >= 15 is 0 Å². The van der Waals surface area contributed by atoms with Gasteiger partial charge < -0.3 is 20.1 Å². The van der Waals surface area contributed by atoms with Gasteiger partial charge in [-0.3, -0.25) is 4.79 Å². The molecule has 0 amide bonds. The molecule has 4 atom stereocenters. The molecule has 8 nitrogen and oxygen atoms in total. The Labute approximate surface area is 209 Å². The van der Waals surface area contributed by atoms with Crippen molar-refractivity contribution in [3.05, 3.63) is 83.4 Å². The number of nitrogens with zero attached hydrogens (tertiary/aromatic N) is 4. The highest BCUT2D eigenvalue weighted by Crippen LogP contribution is 2.37. The highest BCUT2D eigenvalue weighted by Gasteiger charge is 2.45. The van der Waals surface area contributed by atoms with Crippen LogP contribution in [0.1, 0.15) is 41.9 Å². The van der Waals surface area contributed by atoms with E-state index in [0.29, 0.717) is 35.8 Å². The van der Waals surface area contributed by atoms with Gasteiger partial charge in [-0.05, 0) is 43.9 Å². The number of fused-ring (bicyclic) bond motifs is 1. The Morgan fingerprint density at radius 1 is 1.08 bits per heavy atom. The summed E-state index contributed by atoms with van der Waals surface area (Å²) in [5, 5.41) is 24.5. The van der Waals surface area contributed by atoms with Crippen LogP contribution in [0, 0.1) is 24.7 Å². The summed E-state index contributed by atoms with van der Waals surface area (Å²) in [6.45, 7) is 4.01. The van der Waals surface area contributed by atoms with Gasteiger partial charge >= 0.3 is 0 Å². The highest BCUT2D eigenvalue weighted by atomic mass is 16.3. The fourth-order valence-electron chi connectivity index (χ4n) is 4.69. The number of hydrogen-bond acceptors (Lipinski definition) is 7. The van der Waals surface area contributed by atoms with Gasteiger partial charge in [0.1, 0.15) is 11.9 Å². The van der Waals surface area contributed by atoms with E-state index in [2.05, 4.69) is 38.2 Å². The molecule has 8 heteroatoms. The lowest BCUT2D eigenvalue weighted by Crippen LogP contribution is -2.31. The van der Waals surface area contributed by atoms with Crippen LogP contribution < -0.4 is 5.32 Å². The Bertz CT molecular complexity index is 1470. The molecule has 0 bridgehead atoms. The molecule has 1 aliphatic rings. The first-order chi connectivity index (χ1) is 17.4. The summed E-state index contributed by atoms with van der Waals surface area (Å²) in [5.41, 5.74) is 4.10. The van der Waals surface area contributed by atoms with E-state index in [0.717, 1.165) is 16.7 Å². The van der Waals surface area contributed by atoms with Crippen LogP contribution in [-0.4, -0.2) is 47.7 Å². The average molecular weight is 482 g/mol. The highest BCUT2D eigenvalue weighted by molar-refractivity contribution is 5.84. The van der Waals surface area contributed by atoms with E-state index in [1.165, 1.54) is 6.92 Å².